The number of ether oxygens (including phenoxy) is 1. The van der Waals surface area contributed by atoms with Crippen LogP contribution < -0.4 is 10.1 Å². The highest BCUT2D eigenvalue weighted by molar-refractivity contribution is 5.41. The summed E-state index contributed by atoms with van der Waals surface area (Å²) >= 11 is 0. The van der Waals surface area contributed by atoms with Crippen LogP contribution in [0.15, 0.2) is 30.5 Å². The third kappa shape index (κ3) is 2.54. The first-order valence-corrected chi connectivity index (χ1v) is 7.22. The number of para-hydroxylation sites is 1. The van der Waals surface area contributed by atoms with Gasteiger partial charge in [0.25, 0.3) is 0 Å². The van der Waals surface area contributed by atoms with Crippen molar-refractivity contribution in [1.29, 1.82) is 0 Å². The number of aromatic nitrogens is 2. The van der Waals surface area contributed by atoms with Crippen molar-refractivity contribution in [2.75, 3.05) is 13.2 Å². The molecule has 0 spiro atoms. The van der Waals surface area contributed by atoms with Crippen molar-refractivity contribution in [2.24, 2.45) is 7.05 Å². The van der Waals surface area contributed by atoms with Crippen molar-refractivity contribution in [1.82, 2.24) is 15.1 Å². The van der Waals surface area contributed by atoms with Crippen LogP contribution in [0.4, 0.5) is 0 Å². The van der Waals surface area contributed by atoms with Crippen LogP contribution in [0, 0.1) is 6.92 Å². The molecule has 0 aliphatic carbocycles. The molecule has 2 N–H and O–H groups in total. The summed E-state index contributed by atoms with van der Waals surface area (Å²) in [5.74, 6) is 0.855. The summed E-state index contributed by atoms with van der Waals surface area (Å²) in [5, 5.41) is 17.9. The molecule has 0 fully saturated rings. The molecule has 1 aliphatic heterocycles. The van der Waals surface area contributed by atoms with Gasteiger partial charge in [0.1, 0.15) is 5.75 Å². The van der Waals surface area contributed by atoms with Crippen LogP contribution in [-0.2, 0) is 19.1 Å². The van der Waals surface area contributed by atoms with E-state index in [4.69, 9.17) is 4.74 Å². The third-order valence-electron chi connectivity index (χ3n) is 4.19. The molecule has 1 atom stereocenters. The first-order valence-electron chi connectivity index (χ1n) is 7.22. The van der Waals surface area contributed by atoms with Crippen molar-refractivity contribution < 1.29 is 9.84 Å². The summed E-state index contributed by atoms with van der Waals surface area (Å²) in [4.78, 5) is 0. The number of nitrogens with one attached hydrogen (secondary N) is 1. The lowest BCUT2D eigenvalue weighted by atomic mass is 9.85. The minimum absolute atomic E-state index is 0.0483. The molecule has 2 aromatic rings. The number of nitrogens with zero attached hydrogens (tertiary/aromatic N) is 2. The average Bonchev–Trinajstić information content (AvgIpc) is 2.83. The van der Waals surface area contributed by atoms with E-state index in [1.165, 1.54) is 0 Å². The highest BCUT2D eigenvalue weighted by atomic mass is 16.5. The van der Waals surface area contributed by atoms with Gasteiger partial charge in [0, 0.05) is 37.3 Å². The highest BCUT2D eigenvalue weighted by Crippen LogP contribution is 2.36. The molecule has 5 nitrogen and oxygen atoms in total. The molecule has 0 saturated heterocycles. The molecule has 0 saturated carbocycles. The van der Waals surface area contributed by atoms with E-state index in [0.29, 0.717) is 13.2 Å². The van der Waals surface area contributed by atoms with Crippen LogP contribution in [0.1, 0.15) is 23.2 Å². The molecule has 3 rings (SSSR count). The van der Waals surface area contributed by atoms with E-state index in [1.807, 2.05) is 49.1 Å². The van der Waals surface area contributed by atoms with Crippen molar-refractivity contribution in [3.8, 4) is 5.75 Å². The molecule has 112 valence electrons. The molecule has 0 amide bonds. The molecule has 5 heteroatoms. The molecule has 0 radical (unpaired) electrons. The molecule has 21 heavy (non-hydrogen) atoms. The van der Waals surface area contributed by atoms with Crippen LogP contribution in [0.2, 0.25) is 0 Å². The second-order valence-electron chi connectivity index (χ2n) is 5.60. The third-order valence-corrected chi connectivity index (χ3v) is 4.19. The summed E-state index contributed by atoms with van der Waals surface area (Å²) < 4.78 is 7.51. The van der Waals surface area contributed by atoms with Crippen LogP contribution >= 0.6 is 0 Å². The number of hydrogen-bond donors (Lipinski definition) is 2. The zero-order chi connectivity index (χ0) is 14.9. The van der Waals surface area contributed by atoms with Crippen molar-refractivity contribution in [2.45, 2.75) is 25.4 Å². The number of benzene rings is 1. The number of aliphatic hydroxyl groups is 1. The number of aliphatic hydroxyl groups excluding tert-OH is 1. The van der Waals surface area contributed by atoms with E-state index in [2.05, 4.69) is 10.4 Å². The van der Waals surface area contributed by atoms with E-state index in [0.717, 1.165) is 29.0 Å². The van der Waals surface area contributed by atoms with E-state index in [1.54, 1.807) is 0 Å². The van der Waals surface area contributed by atoms with Gasteiger partial charge >= 0.3 is 0 Å². The fraction of sp³-hybridized carbons (Fsp3) is 0.438. The predicted molar refractivity (Wildman–Crippen MR) is 80.1 cm³/mol. The Morgan fingerprint density at radius 1 is 1.43 bits per heavy atom. The lowest BCUT2D eigenvalue weighted by Gasteiger charge is -2.38. The zero-order valence-corrected chi connectivity index (χ0v) is 12.5. The quantitative estimate of drug-likeness (QED) is 0.894. The Balaban J connectivity index is 1.87. The Kier molecular flexibility index (Phi) is 3.69. The molecule has 1 aliphatic rings. The Hall–Kier alpha value is -1.85. The SMILES string of the molecule is Cc1nn(C)cc1CNC1(CO)CCOc2ccccc21. The predicted octanol–water partition coefficient (Wildman–Crippen LogP) is 1.49. The fourth-order valence-electron chi connectivity index (χ4n) is 2.95. The highest BCUT2D eigenvalue weighted by Gasteiger charge is 2.36. The lowest BCUT2D eigenvalue weighted by molar-refractivity contribution is 0.106. The van der Waals surface area contributed by atoms with E-state index < -0.39 is 5.54 Å². The average molecular weight is 287 g/mol. The molecular formula is C16H21N3O2. The van der Waals surface area contributed by atoms with Gasteiger partial charge in [-0.05, 0) is 13.0 Å². The smallest absolute Gasteiger partial charge is 0.124 e. The standard InChI is InChI=1S/C16H21N3O2/c1-12-13(10-19(2)18-12)9-17-16(11-20)7-8-21-15-6-4-3-5-14(15)16/h3-6,10,17,20H,7-9,11H2,1-2H3. The van der Waals surface area contributed by atoms with Crippen LogP contribution in [0.25, 0.3) is 0 Å². The maximum atomic E-state index is 10.0. The second kappa shape index (κ2) is 5.50. The monoisotopic (exact) mass is 287 g/mol. The zero-order valence-electron chi connectivity index (χ0n) is 12.5. The maximum absolute atomic E-state index is 10.0. The van der Waals surface area contributed by atoms with Gasteiger partial charge in [-0.3, -0.25) is 4.68 Å². The van der Waals surface area contributed by atoms with Crippen LogP contribution in [-0.4, -0.2) is 28.1 Å². The number of fused-ring (bicyclic) bond motifs is 1. The normalized spacial score (nSPS) is 20.9. The molecular weight excluding hydrogens is 266 g/mol. The first-order chi connectivity index (χ1) is 10.1. The van der Waals surface area contributed by atoms with Crippen molar-refractivity contribution in [3.05, 3.63) is 47.3 Å². The van der Waals surface area contributed by atoms with Gasteiger partial charge < -0.3 is 15.2 Å². The molecule has 1 aromatic heterocycles. The number of hydrogen-bond acceptors (Lipinski definition) is 4. The molecule has 1 unspecified atom stereocenters. The summed E-state index contributed by atoms with van der Waals surface area (Å²) in [6.07, 6.45) is 2.76. The van der Waals surface area contributed by atoms with Crippen LogP contribution in [0.3, 0.4) is 0 Å². The van der Waals surface area contributed by atoms with Gasteiger partial charge in [0.2, 0.25) is 0 Å². The molecule has 2 heterocycles. The minimum Gasteiger partial charge on any atom is -0.493 e. The van der Waals surface area contributed by atoms with E-state index >= 15 is 0 Å². The largest absolute Gasteiger partial charge is 0.493 e. The summed E-state index contributed by atoms with van der Waals surface area (Å²) in [6, 6.07) is 7.91. The van der Waals surface area contributed by atoms with Gasteiger partial charge in [-0.25, -0.2) is 0 Å². The van der Waals surface area contributed by atoms with E-state index in [-0.39, 0.29) is 6.61 Å². The first kappa shape index (κ1) is 14.1. The molecule has 1 aromatic carbocycles. The molecule has 0 bridgehead atoms. The Morgan fingerprint density at radius 2 is 2.24 bits per heavy atom. The lowest BCUT2D eigenvalue weighted by Crippen LogP contribution is -2.48. The van der Waals surface area contributed by atoms with Crippen molar-refractivity contribution in [3.63, 3.8) is 0 Å². The van der Waals surface area contributed by atoms with Gasteiger partial charge in [0.15, 0.2) is 0 Å². The van der Waals surface area contributed by atoms with Gasteiger partial charge in [-0.2, -0.15) is 5.10 Å². The topological polar surface area (TPSA) is 59.3 Å². The Labute approximate surface area is 124 Å². The Morgan fingerprint density at radius 3 is 2.95 bits per heavy atom. The number of aryl methyl sites for hydroxylation is 2. The van der Waals surface area contributed by atoms with Crippen LogP contribution in [0.5, 0.6) is 5.75 Å². The minimum atomic E-state index is -0.447. The number of rotatable bonds is 4. The fourth-order valence-corrected chi connectivity index (χ4v) is 2.95. The summed E-state index contributed by atoms with van der Waals surface area (Å²) in [5.41, 5.74) is 2.74. The van der Waals surface area contributed by atoms with Gasteiger partial charge in [0.05, 0.1) is 24.4 Å². The second-order valence-corrected chi connectivity index (χ2v) is 5.60. The van der Waals surface area contributed by atoms with Gasteiger partial charge in [-0.1, -0.05) is 18.2 Å². The maximum Gasteiger partial charge on any atom is 0.124 e. The van der Waals surface area contributed by atoms with Gasteiger partial charge in [-0.15, -0.1) is 0 Å². The Bertz CT molecular complexity index is 638. The van der Waals surface area contributed by atoms with Crippen molar-refractivity contribution >= 4 is 0 Å². The van der Waals surface area contributed by atoms with E-state index in [9.17, 15) is 5.11 Å². The summed E-state index contributed by atoms with van der Waals surface area (Å²) in [7, 11) is 1.92. The summed E-state index contributed by atoms with van der Waals surface area (Å²) in [6.45, 7) is 3.33.